The van der Waals surface area contributed by atoms with Crippen LogP contribution in [0, 0.1) is 19.8 Å². The molecule has 2 N–H and O–H groups in total. The van der Waals surface area contributed by atoms with Crippen LogP contribution in [0.1, 0.15) is 41.8 Å². The van der Waals surface area contributed by atoms with Gasteiger partial charge in [0, 0.05) is 0 Å². The summed E-state index contributed by atoms with van der Waals surface area (Å²) in [6.07, 6.45) is 2.34. The van der Waals surface area contributed by atoms with Crippen LogP contribution in [0.5, 0.6) is 0 Å². The van der Waals surface area contributed by atoms with Crippen LogP contribution >= 0.6 is 0 Å². The van der Waals surface area contributed by atoms with Gasteiger partial charge in [0.2, 0.25) is 0 Å². The van der Waals surface area contributed by atoms with E-state index in [9.17, 15) is 9.90 Å². The molecular weight excluding hydrogens is 294 g/mol. The van der Waals surface area contributed by atoms with Crippen LogP contribution in [0.2, 0.25) is 0 Å². The van der Waals surface area contributed by atoms with Crippen LogP contribution in [-0.2, 0) is 0 Å². The molecule has 23 heavy (non-hydrogen) atoms. The number of nitrogens with zero attached hydrogens (tertiary/aromatic N) is 4. The first-order valence-electron chi connectivity index (χ1n) is 7.74. The molecule has 0 aliphatic heterocycles. The number of rotatable bonds is 6. The Morgan fingerprint density at radius 2 is 2.13 bits per heavy atom. The topological polar surface area (TPSA) is 92.9 Å². The van der Waals surface area contributed by atoms with Crippen molar-refractivity contribution in [2.75, 3.05) is 6.61 Å². The number of benzene rings is 1. The quantitative estimate of drug-likeness (QED) is 0.840. The van der Waals surface area contributed by atoms with Crippen molar-refractivity contribution in [1.82, 2.24) is 25.5 Å². The van der Waals surface area contributed by atoms with Gasteiger partial charge in [-0.2, -0.15) is 4.68 Å². The van der Waals surface area contributed by atoms with E-state index in [0.717, 1.165) is 17.5 Å². The highest BCUT2D eigenvalue weighted by atomic mass is 16.3. The van der Waals surface area contributed by atoms with E-state index in [1.165, 1.54) is 11.0 Å². The molecule has 0 fully saturated rings. The number of nitrogens with one attached hydrogen (secondary N) is 1. The third kappa shape index (κ3) is 3.56. The van der Waals surface area contributed by atoms with Crippen LogP contribution in [-0.4, -0.2) is 43.9 Å². The maximum Gasteiger partial charge on any atom is 0.253 e. The van der Waals surface area contributed by atoms with Gasteiger partial charge in [0.25, 0.3) is 5.91 Å². The SMILES string of the molecule is CC[C@@H](C)[C@H](CO)NC(=O)c1ccc(C)c(C)c1-n1cnnn1. The number of aromatic nitrogens is 4. The lowest BCUT2D eigenvalue weighted by Gasteiger charge is -2.23. The molecule has 0 unspecified atom stereocenters. The molecule has 124 valence electrons. The summed E-state index contributed by atoms with van der Waals surface area (Å²) in [6.45, 7) is 7.85. The number of carbonyl (C=O) groups is 1. The fourth-order valence-electron chi connectivity index (χ4n) is 2.44. The molecule has 0 radical (unpaired) electrons. The first-order chi connectivity index (χ1) is 11.0. The molecule has 2 rings (SSSR count). The summed E-state index contributed by atoms with van der Waals surface area (Å²) in [6, 6.07) is 3.38. The van der Waals surface area contributed by atoms with E-state index in [2.05, 4.69) is 20.8 Å². The number of aryl methyl sites for hydroxylation is 1. The van der Waals surface area contributed by atoms with Crippen LogP contribution in [0.3, 0.4) is 0 Å². The molecule has 0 saturated carbocycles. The number of hydrogen-bond donors (Lipinski definition) is 2. The highest BCUT2D eigenvalue weighted by Gasteiger charge is 2.22. The van der Waals surface area contributed by atoms with Crippen molar-refractivity contribution < 1.29 is 9.90 Å². The van der Waals surface area contributed by atoms with Crippen molar-refractivity contribution in [2.45, 2.75) is 40.2 Å². The smallest absolute Gasteiger partial charge is 0.253 e. The second kappa shape index (κ2) is 7.32. The van der Waals surface area contributed by atoms with Crippen LogP contribution < -0.4 is 5.32 Å². The van der Waals surface area contributed by atoms with Gasteiger partial charge in [-0.25, -0.2) is 0 Å². The van der Waals surface area contributed by atoms with Gasteiger partial charge in [0.05, 0.1) is 23.9 Å². The first-order valence-corrected chi connectivity index (χ1v) is 7.74. The first kappa shape index (κ1) is 17.1. The fraction of sp³-hybridized carbons (Fsp3) is 0.500. The lowest BCUT2D eigenvalue weighted by atomic mass is 9.98. The van der Waals surface area contributed by atoms with Gasteiger partial charge >= 0.3 is 0 Å². The Hall–Kier alpha value is -2.28. The monoisotopic (exact) mass is 317 g/mol. The van der Waals surface area contributed by atoms with Gasteiger partial charge in [-0.15, -0.1) is 5.10 Å². The van der Waals surface area contributed by atoms with Gasteiger partial charge < -0.3 is 10.4 Å². The highest BCUT2D eigenvalue weighted by Crippen LogP contribution is 2.22. The van der Waals surface area contributed by atoms with Crippen molar-refractivity contribution in [1.29, 1.82) is 0 Å². The van der Waals surface area contributed by atoms with Crippen molar-refractivity contribution >= 4 is 5.91 Å². The van der Waals surface area contributed by atoms with Crippen molar-refractivity contribution in [3.63, 3.8) is 0 Å². The van der Waals surface area contributed by atoms with Crippen LogP contribution in [0.15, 0.2) is 18.5 Å². The average Bonchev–Trinajstić information content (AvgIpc) is 3.07. The molecule has 1 aromatic carbocycles. The summed E-state index contributed by atoms with van der Waals surface area (Å²) in [7, 11) is 0. The van der Waals surface area contributed by atoms with Crippen molar-refractivity contribution in [3.8, 4) is 5.69 Å². The third-order valence-corrected chi connectivity index (χ3v) is 4.37. The second-order valence-corrected chi connectivity index (χ2v) is 5.81. The number of carbonyl (C=O) groups excluding carboxylic acids is 1. The Kier molecular flexibility index (Phi) is 5.44. The van der Waals surface area contributed by atoms with E-state index < -0.39 is 0 Å². The zero-order chi connectivity index (χ0) is 17.0. The Morgan fingerprint density at radius 3 is 2.70 bits per heavy atom. The molecule has 2 aromatic rings. The van der Waals surface area contributed by atoms with Crippen molar-refractivity contribution in [2.24, 2.45) is 5.92 Å². The van der Waals surface area contributed by atoms with E-state index in [4.69, 9.17) is 0 Å². The lowest BCUT2D eigenvalue weighted by Crippen LogP contribution is -2.42. The van der Waals surface area contributed by atoms with Crippen molar-refractivity contribution in [3.05, 3.63) is 35.2 Å². The molecule has 0 aliphatic carbocycles. The van der Waals surface area contributed by atoms with E-state index >= 15 is 0 Å². The third-order valence-electron chi connectivity index (χ3n) is 4.37. The van der Waals surface area contributed by atoms with Gasteiger partial charge in [-0.3, -0.25) is 4.79 Å². The van der Waals surface area contributed by atoms with Gasteiger partial charge in [0.1, 0.15) is 6.33 Å². The number of aliphatic hydroxyl groups is 1. The predicted octanol–water partition coefficient (Wildman–Crippen LogP) is 1.42. The number of amides is 1. The fourth-order valence-corrected chi connectivity index (χ4v) is 2.44. The molecule has 1 amide bonds. The van der Waals surface area contributed by atoms with E-state index in [-0.39, 0.29) is 24.5 Å². The Morgan fingerprint density at radius 1 is 1.39 bits per heavy atom. The normalized spacial score (nSPS) is 13.6. The number of aliphatic hydroxyl groups excluding tert-OH is 1. The molecule has 0 spiro atoms. The minimum absolute atomic E-state index is 0.0915. The van der Waals surface area contributed by atoms with Gasteiger partial charge in [-0.1, -0.05) is 26.3 Å². The summed E-state index contributed by atoms with van der Waals surface area (Å²) >= 11 is 0. The largest absolute Gasteiger partial charge is 0.394 e. The van der Waals surface area contributed by atoms with Gasteiger partial charge in [0.15, 0.2) is 0 Å². The summed E-state index contributed by atoms with van der Waals surface area (Å²) in [5, 5.41) is 23.6. The van der Waals surface area contributed by atoms with Crippen LogP contribution in [0.4, 0.5) is 0 Å². The molecule has 1 aromatic heterocycles. The molecule has 7 heteroatoms. The van der Waals surface area contributed by atoms with Crippen LogP contribution in [0.25, 0.3) is 5.69 Å². The molecule has 7 nitrogen and oxygen atoms in total. The minimum atomic E-state index is -0.282. The van der Waals surface area contributed by atoms with Gasteiger partial charge in [-0.05, 0) is 47.4 Å². The summed E-state index contributed by atoms with van der Waals surface area (Å²) in [5.41, 5.74) is 3.14. The average molecular weight is 317 g/mol. The Balaban J connectivity index is 2.39. The lowest BCUT2D eigenvalue weighted by molar-refractivity contribution is 0.0891. The standard InChI is InChI=1S/C16H23N5O2/c1-5-10(2)14(8-22)18-16(23)13-7-6-11(3)12(4)15(13)21-9-17-19-20-21/h6-7,9-10,14,22H,5,8H2,1-4H3,(H,18,23)/t10-,14+/m1/s1. The summed E-state index contributed by atoms with van der Waals surface area (Å²) in [4.78, 5) is 12.7. The second-order valence-electron chi connectivity index (χ2n) is 5.81. The van der Waals surface area contributed by atoms with E-state index in [1.807, 2.05) is 33.8 Å². The maximum absolute atomic E-state index is 12.7. The summed E-state index contributed by atoms with van der Waals surface area (Å²) < 4.78 is 1.49. The Labute approximate surface area is 135 Å². The zero-order valence-corrected chi connectivity index (χ0v) is 13.9. The molecular formula is C16H23N5O2. The summed E-state index contributed by atoms with van der Waals surface area (Å²) in [5.74, 6) is -0.0510. The number of hydrogen-bond acceptors (Lipinski definition) is 5. The molecule has 2 atom stereocenters. The minimum Gasteiger partial charge on any atom is -0.394 e. The molecule has 0 bridgehead atoms. The highest BCUT2D eigenvalue weighted by molar-refractivity contribution is 5.98. The predicted molar refractivity (Wildman–Crippen MR) is 86.4 cm³/mol. The van der Waals surface area contributed by atoms with E-state index in [0.29, 0.717) is 11.3 Å². The zero-order valence-electron chi connectivity index (χ0n) is 13.9. The van der Waals surface area contributed by atoms with E-state index in [1.54, 1.807) is 6.07 Å². The molecule has 0 aliphatic rings. The molecule has 1 heterocycles. The Bertz CT molecular complexity index is 669. The number of tetrazole rings is 1. The molecule has 0 saturated heterocycles. The maximum atomic E-state index is 12.7.